The highest BCUT2D eigenvalue weighted by atomic mass is 19.1. The maximum Gasteiger partial charge on any atom is 0.270 e. The van der Waals surface area contributed by atoms with Gasteiger partial charge in [0.25, 0.3) is 11.8 Å². The predicted octanol–water partition coefficient (Wildman–Crippen LogP) is 2.04. The number of aromatic nitrogens is 2. The van der Waals surface area contributed by atoms with Crippen LogP contribution in [0.1, 0.15) is 37.9 Å². The van der Waals surface area contributed by atoms with E-state index in [-0.39, 0.29) is 24.1 Å². The van der Waals surface area contributed by atoms with E-state index in [2.05, 4.69) is 20.7 Å². The van der Waals surface area contributed by atoms with Crippen molar-refractivity contribution in [2.24, 2.45) is 5.10 Å². The summed E-state index contributed by atoms with van der Waals surface area (Å²) in [6.07, 6.45) is 2.59. The van der Waals surface area contributed by atoms with Crippen molar-refractivity contribution in [2.45, 2.75) is 37.5 Å². The van der Waals surface area contributed by atoms with Crippen molar-refractivity contribution in [3.05, 3.63) is 35.9 Å². The van der Waals surface area contributed by atoms with E-state index >= 15 is 0 Å². The maximum absolute atomic E-state index is 13.2. The maximum atomic E-state index is 13.2. The van der Waals surface area contributed by atoms with Crippen LogP contribution in [0.4, 0.5) is 4.39 Å². The van der Waals surface area contributed by atoms with E-state index in [0.717, 1.165) is 0 Å². The van der Waals surface area contributed by atoms with Gasteiger partial charge >= 0.3 is 0 Å². The van der Waals surface area contributed by atoms with Crippen LogP contribution in [-0.4, -0.2) is 59.4 Å². The van der Waals surface area contributed by atoms with Gasteiger partial charge in [0, 0.05) is 50.6 Å². The molecule has 1 N–H and O–H groups in total. The average molecular weight is 429 g/mol. The van der Waals surface area contributed by atoms with Crippen molar-refractivity contribution in [1.82, 2.24) is 20.5 Å². The first-order valence-corrected chi connectivity index (χ1v) is 10.2. The Labute approximate surface area is 178 Å². The molecule has 0 spiro atoms. The molecule has 4 rings (SSSR count). The summed E-state index contributed by atoms with van der Waals surface area (Å²) in [6, 6.07) is 5.89. The van der Waals surface area contributed by atoms with Crippen LogP contribution in [0, 0.1) is 5.82 Å². The molecular weight excluding hydrogens is 405 g/mol. The van der Waals surface area contributed by atoms with Crippen LogP contribution in [0.25, 0.3) is 11.5 Å². The van der Waals surface area contributed by atoms with Crippen LogP contribution in [0.2, 0.25) is 0 Å². The van der Waals surface area contributed by atoms with E-state index in [1.165, 1.54) is 12.1 Å². The fourth-order valence-electron chi connectivity index (χ4n) is 3.98. The molecule has 2 aliphatic rings. The van der Waals surface area contributed by atoms with Gasteiger partial charge < -0.3 is 14.2 Å². The Kier molecular flexibility index (Phi) is 6.08. The zero-order chi connectivity index (χ0) is 21.8. The van der Waals surface area contributed by atoms with E-state index in [1.807, 2.05) is 0 Å². The lowest BCUT2D eigenvalue weighted by molar-refractivity contribution is -0.126. The first kappa shape index (κ1) is 21.1. The minimum atomic E-state index is -0.392. The third-order valence-electron chi connectivity index (χ3n) is 5.94. The molecule has 2 amide bonds. The Balaban J connectivity index is 1.50. The molecule has 0 bridgehead atoms. The molecule has 0 radical (unpaired) electrons. The Morgan fingerprint density at radius 1 is 1.26 bits per heavy atom. The highest BCUT2D eigenvalue weighted by Crippen LogP contribution is 2.38. The summed E-state index contributed by atoms with van der Waals surface area (Å²) in [6.45, 7) is 1.54. The zero-order valence-electron chi connectivity index (χ0n) is 17.3. The minimum Gasteiger partial charge on any atom is -0.385 e. The molecule has 1 fully saturated rings. The van der Waals surface area contributed by atoms with Crippen molar-refractivity contribution in [3.8, 4) is 11.5 Å². The summed E-state index contributed by atoms with van der Waals surface area (Å²) in [7, 11) is 1.64. The van der Waals surface area contributed by atoms with Crippen molar-refractivity contribution >= 4 is 17.5 Å². The minimum absolute atomic E-state index is 0.152. The predicted molar refractivity (Wildman–Crippen MR) is 108 cm³/mol. The number of nitrogens with one attached hydrogen (secondary N) is 1. The molecule has 3 heterocycles. The lowest BCUT2D eigenvalue weighted by Gasteiger charge is -2.40. The largest absolute Gasteiger partial charge is 0.385 e. The van der Waals surface area contributed by atoms with Gasteiger partial charge in [-0.15, -0.1) is 0 Å². The molecule has 2 aromatic rings. The van der Waals surface area contributed by atoms with Crippen LogP contribution < -0.4 is 5.43 Å². The Morgan fingerprint density at radius 2 is 2.00 bits per heavy atom. The third kappa shape index (κ3) is 4.48. The fraction of sp³-hybridized carbons (Fsp3) is 0.476. The topological polar surface area (TPSA) is 110 Å². The number of amides is 2. The van der Waals surface area contributed by atoms with Crippen molar-refractivity contribution < 1.29 is 23.2 Å². The van der Waals surface area contributed by atoms with Crippen LogP contribution in [0.5, 0.6) is 0 Å². The van der Waals surface area contributed by atoms with Crippen molar-refractivity contribution in [1.29, 1.82) is 0 Å². The molecule has 1 aromatic carbocycles. The van der Waals surface area contributed by atoms with Gasteiger partial charge in [-0.3, -0.25) is 9.59 Å². The summed E-state index contributed by atoms with van der Waals surface area (Å²) in [4.78, 5) is 30.4. The number of carbonyl (C=O) groups is 2. The molecule has 1 saturated heterocycles. The van der Waals surface area contributed by atoms with E-state index in [0.29, 0.717) is 68.4 Å². The molecule has 9 nitrogen and oxygen atoms in total. The lowest BCUT2D eigenvalue weighted by atomic mass is 9.75. The molecular formula is C21H24FN5O4. The number of rotatable bonds is 6. The van der Waals surface area contributed by atoms with Crippen LogP contribution >= 0.6 is 0 Å². The Bertz CT molecular complexity index is 980. The van der Waals surface area contributed by atoms with Gasteiger partial charge in [0.05, 0.1) is 0 Å². The summed E-state index contributed by atoms with van der Waals surface area (Å²) in [5.41, 5.74) is 3.00. The van der Waals surface area contributed by atoms with Crippen LogP contribution in [-0.2, 0) is 19.7 Å². The number of hydrogen-bond acceptors (Lipinski definition) is 7. The number of carbonyl (C=O) groups excluding carboxylic acids is 2. The Hall–Kier alpha value is -3.14. The van der Waals surface area contributed by atoms with Gasteiger partial charge in [-0.1, -0.05) is 5.16 Å². The van der Waals surface area contributed by atoms with E-state index in [9.17, 15) is 14.0 Å². The second-order valence-corrected chi connectivity index (χ2v) is 7.84. The number of methoxy groups -OCH3 is 1. The van der Waals surface area contributed by atoms with Gasteiger partial charge in [-0.05, 0) is 43.5 Å². The highest BCUT2D eigenvalue weighted by Gasteiger charge is 2.41. The van der Waals surface area contributed by atoms with E-state index in [4.69, 9.17) is 9.26 Å². The smallest absolute Gasteiger partial charge is 0.270 e. The number of hydrogen-bond donors (Lipinski definition) is 1. The normalized spacial score (nSPS) is 18.5. The average Bonchev–Trinajstić information content (AvgIpc) is 3.30. The zero-order valence-corrected chi connectivity index (χ0v) is 17.3. The van der Waals surface area contributed by atoms with Gasteiger partial charge in [0.1, 0.15) is 11.5 Å². The lowest BCUT2D eigenvalue weighted by Crippen LogP contribution is -2.49. The fourth-order valence-corrected chi connectivity index (χ4v) is 3.98. The number of hydrazone groups is 1. The highest BCUT2D eigenvalue weighted by molar-refractivity contribution is 6.39. The number of benzene rings is 1. The second-order valence-electron chi connectivity index (χ2n) is 7.84. The SMILES string of the molecule is COCCC1(c2noc(-c3ccc(F)cc3)n2)CCN(C(=O)C2=NNC(=O)CC2)CC1. The van der Waals surface area contributed by atoms with Crippen molar-refractivity contribution in [2.75, 3.05) is 26.8 Å². The Morgan fingerprint density at radius 3 is 2.65 bits per heavy atom. The summed E-state index contributed by atoms with van der Waals surface area (Å²) >= 11 is 0. The third-order valence-corrected chi connectivity index (χ3v) is 5.94. The molecule has 1 aromatic heterocycles. The summed E-state index contributed by atoms with van der Waals surface area (Å²) < 4.78 is 24.0. The molecule has 0 unspecified atom stereocenters. The van der Waals surface area contributed by atoms with Gasteiger partial charge in [0.2, 0.25) is 5.91 Å². The second kappa shape index (κ2) is 8.93. The molecule has 0 aliphatic carbocycles. The molecule has 0 atom stereocenters. The number of likely N-dealkylation sites (tertiary alicyclic amines) is 1. The molecule has 0 saturated carbocycles. The summed E-state index contributed by atoms with van der Waals surface area (Å²) in [5.74, 6) is 0.235. The standard InChI is InChI=1S/C21H24FN5O4/c1-30-13-10-21(20-23-18(31-26-20)14-2-4-15(22)5-3-14)8-11-27(12-9-21)19(29)16-6-7-17(28)25-24-16/h2-5H,6-13H2,1H3,(H,25,28). The number of piperidine rings is 1. The quantitative estimate of drug-likeness (QED) is 0.753. The molecule has 164 valence electrons. The first-order valence-electron chi connectivity index (χ1n) is 10.2. The monoisotopic (exact) mass is 429 g/mol. The van der Waals surface area contributed by atoms with Crippen LogP contribution in [0.3, 0.4) is 0 Å². The van der Waals surface area contributed by atoms with E-state index < -0.39 is 5.41 Å². The first-order chi connectivity index (χ1) is 15.0. The number of ether oxygens (including phenoxy) is 1. The molecule has 2 aliphatic heterocycles. The number of halogens is 1. The molecule has 31 heavy (non-hydrogen) atoms. The van der Waals surface area contributed by atoms with Gasteiger partial charge in [-0.2, -0.15) is 10.1 Å². The summed E-state index contributed by atoms with van der Waals surface area (Å²) in [5, 5.41) is 8.13. The van der Waals surface area contributed by atoms with Crippen molar-refractivity contribution in [3.63, 3.8) is 0 Å². The van der Waals surface area contributed by atoms with Crippen LogP contribution in [0.15, 0.2) is 33.9 Å². The number of nitrogens with zero attached hydrogens (tertiary/aromatic N) is 4. The van der Waals surface area contributed by atoms with Gasteiger partial charge in [-0.25, -0.2) is 9.82 Å². The van der Waals surface area contributed by atoms with Gasteiger partial charge in [0.15, 0.2) is 5.82 Å². The molecule has 10 heteroatoms. The van der Waals surface area contributed by atoms with E-state index in [1.54, 1.807) is 24.1 Å².